The molecule has 0 radical (unpaired) electrons. The molecule has 3 aromatic rings. The van der Waals surface area contributed by atoms with Crippen LogP contribution in [0.3, 0.4) is 0 Å². The lowest BCUT2D eigenvalue weighted by molar-refractivity contribution is -0.138. The van der Waals surface area contributed by atoms with E-state index in [-0.39, 0.29) is 46.5 Å². The van der Waals surface area contributed by atoms with Crippen LogP contribution < -0.4 is 0 Å². The number of aromatic amines is 1. The van der Waals surface area contributed by atoms with Gasteiger partial charge >= 0.3 is 6.18 Å². The summed E-state index contributed by atoms with van der Waals surface area (Å²) in [6.07, 6.45) is -3.25. The van der Waals surface area contributed by atoms with E-state index < -0.39 is 27.5 Å². The number of rotatable bonds is 3. The molecule has 0 unspecified atom stereocenters. The molecule has 36 heavy (non-hydrogen) atoms. The van der Waals surface area contributed by atoms with Crippen molar-refractivity contribution >= 4 is 60.8 Å². The molecule has 0 spiro atoms. The Hall–Kier alpha value is -2.83. The maximum atomic E-state index is 13.8. The Kier molecular flexibility index (Phi) is 6.38. The minimum atomic E-state index is -4.64. The van der Waals surface area contributed by atoms with Gasteiger partial charge in [0, 0.05) is 23.5 Å². The van der Waals surface area contributed by atoms with Crippen molar-refractivity contribution < 1.29 is 26.4 Å². The number of amides is 1. The van der Waals surface area contributed by atoms with Gasteiger partial charge in [-0.1, -0.05) is 23.7 Å². The Morgan fingerprint density at radius 2 is 1.89 bits per heavy atom. The van der Waals surface area contributed by atoms with E-state index in [1.165, 1.54) is 12.1 Å². The van der Waals surface area contributed by atoms with E-state index >= 15 is 0 Å². The largest absolute Gasteiger partial charge is 0.416 e. The van der Waals surface area contributed by atoms with E-state index in [9.17, 15) is 26.4 Å². The molecule has 2 aliphatic rings. The summed E-state index contributed by atoms with van der Waals surface area (Å²) in [5.41, 5.74) is 0.759. The first kappa shape index (κ1) is 24.8. The molecule has 13 heteroatoms. The van der Waals surface area contributed by atoms with Gasteiger partial charge in [0.1, 0.15) is 0 Å². The third kappa shape index (κ3) is 5.02. The van der Waals surface area contributed by atoms with E-state index in [2.05, 4.69) is 15.2 Å². The number of aromatic nitrogens is 2. The molecule has 0 atom stereocenters. The van der Waals surface area contributed by atoms with Crippen LogP contribution in [-0.2, 0) is 27.2 Å². The van der Waals surface area contributed by atoms with Crippen LogP contribution >= 0.6 is 23.4 Å². The highest BCUT2D eigenvalue weighted by atomic mass is 35.5. The second kappa shape index (κ2) is 9.24. The lowest BCUT2D eigenvalue weighted by Crippen LogP contribution is -2.42. The molecule has 1 fully saturated rings. The van der Waals surface area contributed by atoms with Gasteiger partial charge < -0.3 is 4.90 Å². The standard InChI is InChI=1S/C23H18ClF3N4O3S2/c24-16-3-1-14(18(11-16)23(25,26)27)10-17(13-2-4-19-15(9-13)12-28-30-19)20-21(32)29-22(35-20)31-5-7-36(33,34)8-6-31/h1-4,9,11-12H,5-8,10H2,(H,28,30). The summed E-state index contributed by atoms with van der Waals surface area (Å²) >= 11 is 6.91. The number of nitrogens with one attached hydrogen (secondary N) is 1. The van der Waals surface area contributed by atoms with Crippen LogP contribution in [0, 0.1) is 0 Å². The Bertz CT molecular complexity index is 1530. The van der Waals surface area contributed by atoms with Gasteiger partial charge in [-0.05, 0) is 59.1 Å². The highest BCUT2D eigenvalue weighted by molar-refractivity contribution is 8.18. The summed E-state index contributed by atoms with van der Waals surface area (Å²) in [6.45, 7) is 0.390. The van der Waals surface area contributed by atoms with Gasteiger partial charge in [-0.2, -0.15) is 23.3 Å². The van der Waals surface area contributed by atoms with Crippen LogP contribution in [0.25, 0.3) is 16.5 Å². The van der Waals surface area contributed by atoms with E-state index in [0.717, 1.165) is 28.7 Å². The molecule has 1 saturated heterocycles. The molecular formula is C23H18ClF3N4O3S2. The molecule has 1 N–H and O–H groups in total. The number of halogens is 4. The van der Waals surface area contributed by atoms with Crippen molar-refractivity contribution in [1.82, 2.24) is 15.1 Å². The number of carbonyl (C=O) groups is 1. The van der Waals surface area contributed by atoms with Gasteiger partial charge in [0.2, 0.25) is 0 Å². The van der Waals surface area contributed by atoms with E-state index in [4.69, 9.17) is 11.6 Å². The maximum absolute atomic E-state index is 13.8. The summed E-state index contributed by atoms with van der Waals surface area (Å²) in [6, 6.07) is 8.77. The number of hydrogen-bond acceptors (Lipinski definition) is 6. The molecule has 0 aliphatic carbocycles. The molecule has 2 aromatic carbocycles. The summed E-state index contributed by atoms with van der Waals surface area (Å²) in [7, 11) is -3.14. The highest BCUT2D eigenvalue weighted by Gasteiger charge is 2.36. The topological polar surface area (TPSA) is 95.5 Å². The number of amidine groups is 1. The first-order valence-corrected chi connectivity index (χ1v) is 13.8. The minimum Gasteiger partial charge on any atom is -0.349 e. The number of alkyl halides is 3. The average Bonchev–Trinajstić information content (AvgIpc) is 3.43. The van der Waals surface area contributed by atoms with E-state index in [1.54, 1.807) is 29.3 Å². The second-order valence-electron chi connectivity index (χ2n) is 8.40. The third-order valence-corrected chi connectivity index (χ3v) is 9.01. The number of sulfone groups is 1. The van der Waals surface area contributed by atoms with Crippen molar-refractivity contribution in [2.75, 3.05) is 24.6 Å². The third-order valence-electron chi connectivity index (χ3n) is 6.01. The van der Waals surface area contributed by atoms with Gasteiger partial charge in [0.15, 0.2) is 15.0 Å². The predicted molar refractivity (Wildman–Crippen MR) is 133 cm³/mol. The molecule has 1 aromatic heterocycles. The number of carbonyl (C=O) groups excluding carboxylic acids is 1. The number of H-pyrrole nitrogens is 1. The summed E-state index contributed by atoms with van der Waals surface area (Å²) < 4.78 is 65.1. The van der Waals surface area contributed by atoms with Crippen LogP contribution in [0.4, 0.5) is 13.2 Å². The van der Waals surface area contributed by atoms with Crippen molar-refractivity contribution in [3.05, 3.63) is 69.2 Å². The van der Waals surface area contributed by atoms with Crippen LogP contribution in [-0.4, -0.2) is 59.2 Å². The van der Waals surface area contributed by atoms with Crippen LogP contribution in [0.5, 0.6) is 0 Å². The number of thioether (sulfide) groups is 1. The molecule has 3 heterocycles. The first-order chi connectivity index (χ1) is 17.0. The summed E-state index contributed by atoms with van der Waals surface area (Å²) in [5.74, 6) is -0.680. The van der Waals surface area contributed by atoms with Crippen LogP contribution in [0.15, 0.2) is 52.5 Å². The number of fused-ring (bicyclic) bond motifs is 1. The Labute approximate surface area is 213 Å². The van der Waals surface area contributed by atoms with Crippen LogP contribution in [0.2, 0.25) is 5.02 Å². The lowest BCUT2D eigenvalue weighted by Gasteiger charge is -2.27. The molecule has 2 aliphatic heterocycles. The normalized spacial score (nSPS) is 19.6. The summed E-state index contributed by atoms with van der Waals surface area (Å²) in [4.78, 5) is 19.1. The molecule has 0 saturated carbocycles. The van der Waals surface area contributed by atoms with Crippen molar-refractivity contribution in [2.45, 2.75) is 12.6 Å². The zero-order chi connectivity index (χ0) is 25.7. The van der Waals surface area contributed by atoms with Gasteiger partial charge in [0.25, 0.3) is 5.91 Å². The fourth-order valence-electron chi connectivity index (χ4n) is 4.13. The van der Waals surface area contributed by atoms with Crippen molar-refractivity contribution in [2.24, 2.45) is 4.99 Å². The Morgan fingerprint density at radius 3 is 2.61 bits per heavy atom. The lowest BCUT2D eigenvalue weighted by atomic mass is 9.93. The van der Waals surface area contributed by atoms with Gasteiger partial charge in [-0.3, -0.25) is 9.89 Å². The first-order valence-electron chi connectivity index (χ1n) is 10.8. The molecule has 0 bridgehead atoms. The molecule has 7 nitrogen and oxygen atoms in total. The average molecular weight is 555 g/mol. The maximum Gasteiger partial charge on any atom is 0.416 e. The molecule has 1 amide bonds. The van der Waals surface area contributed by atoms with Crippen molar-refractivity contribution in [3.8, 4) is 0 Å². The number of benzene rings is 2. The van der Waals surface area contributed by atoms with Gasteiger partial charge in [-0.15, -0.1) is 0 Å². The Balaban J connectivity index is 1.57. The number of aliphatic imine (C=N–C) groups is 1. The number of hydrogen-bond donors (Lipinski definition) is 1. The van der Waals surface area contributed by atoms with Gasteiger partial charge in [-0.25, -0.2) is 8.42 Å². The number of nitrogens with zero attached hydrogens (tertiary/aromatic N) is 3. The van der Waals surface area contributed by atoms with Crippen molar-refractivity contribution in [3.63, 3.8) is 0 Å². The quantitative estimate of drug-likeness (QED) is 0.477. The SMILES string of the molecule is O=C1N=C(N2CCS(=O)(=O)CC2)SC1=C(Cc1ccc(Cl)cc1C(F)(F)F)c1ccc2[nH]ncc2c1. The summed E-state index contributed by atoms with van der Waals surface area (Å²) in [5, 5.41) is 7.84. The van der Waals surface area contributed by atoms with Crippen LogP contribution in [0.1, 0.15) is 16.7 Å². The fourth-order valence-corrected chi connectivity index (χ4v) is 6.57. The molecular weight excluding hydrogens is 537 g/mol. The Morgan fingerprint density at radius 1 is 1.14 bits per heavy atom. The van der Waals surface area contributed by atoms with Gasteiger partial charge in [0.05, 0.1) is 33.7 Å². The van der Waals surface area contributed by atoms with E-state index in [1.807, 2.05) is 0 Å². The smallest absolute Gasteiger partial charge is 0.349 e. The predicted octanol–water partition coefficient (Wildman–Crippen LogP) is 4.55. The highest BCUT2D eigenvalue weighted by Crippen LogP contribution is 2.40. The molecule has 188 valence electrons. The monoisotopic (exact) mass is 554 g/mol. The zero-order valence-electron chi connectivity index (χ0n) is 18.5. The van der Waals surface area contributed by atoms with Crippen molar-refractivity contribution in [1.29, 1.82) is 0 Å². The fraction of sp³-hybridized carbons (Fsp3) is 0.261. The minimum absolute atomic E-state index is 0.0346. The second-order valence-corrected chi connectivity index (χ2v) is 12.1. The number of allylic oxidation sites excluding steroid dienone is 1. The molecule has 5 rings (SSSR count). The zero-order valence-corrected chi connectivity index (χ0v) is 20.9. The van der Waals surface area contributed by atoms with E-state index in [0.29, 0.717) is 16.3 Å².